The maximum absolute atomic E-state index is 11.7. The minimum atomic E-state index is -0.697. The number of carbonyl (C=O) groups is 1. The predicted octanol–water partition coefficient (Wildman–Crippen LogP) is 2.53. The van der Waals surface area contributed by atoms with E-state index < -0.39 is 5.60 Å². The van der Waals surface area contributed by atoms with Gasteiger partial charge < -0.3 is 9.47 Å². The van der Waals surface area contributed by atoms with E-state index in [-0.39, 0.29) is 11.6 Å². The number of carbonyl (C=O) groups excluding carboxylic acids is 1. The van der Waals surface area contributed by atoms with E-state index in [1.807, 2.05) is 6.92 Å². The van der Waals surface area contributed by atoms with Crippen LogP contribution in [-0.4, -0.2) is 24.3 Å². The Morgan fingerprint density at radius 2 is 1.94 bits per heavy atom. The van der Waals surface area contributed by atoms with Gasteiger partial charge in [-0.1, -0.05) is 20.8 Å². The van der Waals surface area contributed by atoms with Crippen molar-refractivity contribution in [2.24, 2.45) is 11.3 Å². The normalized spacial score (nSPS) is 45.4. The summed E-state index contributed by atoms with van der Waals surface area (Å²) in [4.78, 5) is 11.7. The molecule has 2 rings (SSSR count). The van der Waals surface area contributed by atoms with Gasteiger partial charge in [0.25, 0.3) is 0 Å². The van der Waals surface area contributed by atoms with E-state index in [1.54, 1.807) is 0 Å². The van der Waals surface area contributed by atoms with Crippen LogP contribution in [0.1, 0.15) is 47.0 Å². The van der Waals surface area contributed by atoms with Crippen molar-refractivity contribution in [3.8, 4) is 0 Å². The van der Waals surface area contributed by atoms with E-state index in [1.165, 1.54) is 7.11 Å². The Balaban J connectivity index is 2.16. The summed E-state index contributed by atoms with van der Waals surface area (Å²) >= 11 is 0. The average molecular weight is 226 g/mol. The first-order valence-electron chi connectivity index (χ1n) is 6.06. The third-order valence-electron chi connectivity index (χ3n) is 4.56. The highest BCUT2D eigenvalue weighted by molar-refractivity contribution is 5.84. The van der Waals surface area contributed by atoms with Gasteiger partial charge in [0.15, 0.2) is 5.60 Å². The number of ether oxygens (including phenoxy) is 2. The van der Waals surface area contributed by atoms with Crippen molar-refractivity contribution in [3.05, 3.63) is 0 Å². The zero-order valence-electron chi connectivity index (χ0n) is 10.9. The van der Waals surface area contributed by atoms with Gasteiger partial charge in [-0.2, -0.15) is 0 Å². The lowest BCUT2D eigenvalue weighted by Crippen LogP contribution is -2.42. The molecular formula is C13H22O3. The molecule has 0 aromatic rings. The van der Waals surface area contributed by atoms with Crippen LogP contribution >= 0.6 is 0 Å². The molecule has 0 bridgehead atoms. The molecule has 0 aromatic carbocycles. The second-order valence-corrected chi connectivity index (χ2v) is 6.29. The second kappa shape index (κ2) is 3.22. The summed E-state index contributed by atoms with van der Waals surface area (Å²) < 4.78 is 10.7. The SMILES string of the molecule is COC(=O)C1(C)OC12CCC(C)(C)CC2C. The Morgan fingerprint density at radius 1 is 1.31 bits per heavy atom. The molecule has 1 saturated carbocycles. The van der Waals surface area contributed by atoms with Gasteiger partial charge in [0.2, 0.25) is 0 Å². The third kappa shape index (κ3) is 1.41. The molecule has 3 atom stereocenters. The van der Waals surface area contributed by atoms with Crippen LogP contribution in [0.3, 0.4) is 0 Å². The summed E-state index contributed by atoms with van der Waals surface area (Å²) in [6, 6.07) is 0. The maximum Gasteiger partial charge on any atom is 0.340 e. The quantitative estimate of drug-likeness (QED) is 0.509. The average Bonchev–Trinajstić information content (AvgIpc) is 2.81. The molecule has 92 valence electrons. The van der Waals surface area contributed by atoms with Gasteiger partial charge in [-0.3, -0.25) is 0 Å². The van der Waals surface area contributed by atoms with Crippen LogP contribution in [0.2, 0.25) is 0 Å². The van der Waals surface area contributed by atoms with Crippen molar-refractivity contribution in [1.82, 2.24) is 0 Å². The van der Waals surface area contributed by atoms with E-state index in [2.05, 4.69) is 20.8 Å². The van der Waals surface area contributed by atoms with Crippen molar-refractivity contribution in [2.45, 2.75) is 58.2 Å². The molecule has 0 radical (unpaired) electrons. The first kappa shape index (κ1) is 11.9. The molecule has 0 aromatic heterocycles. The highest BCUT2D eigenvalue weighted by atomic mass is 16.7. The maximum atomic E-state index is 11.7. The van der Waals surface area contributed by atoms with Gasteiger partial charge in [-0.25, -0.2) is 4.79 Å². The fraction of sp³-hybridized carbons (Fsp3) is 0.923. The van der Waals surface area contributed by atoms with E-state index in [0.717, 1.165) is 19.3 Å². The molecule has 1 aliphatic heterocycles. The Hall–Kier alpha value is -0.570. The van der Waals surface area contributed by atoms with Gasteiger partial charge in [-0.05, 0) is 37.5 Å². The Bertz CT molecular complexity index is 323. The molecule has 3 heteroatoms. The van der Waals surface area contributed by atoms with Crippen molar-refractivity contribution in [2.75, 3.05) is 7.11 Å². The zero-order valence-corrected chi connectivity index (χ0v) is 10.9. The van der Waals surface area contributed by atoms with Gasteiger partial charge in [-0.15, -0.1) is 0 Å². The molecule has 1 heterocycles. The van der Waals surface area contributed by atoms with Crippen LogP contribution in [0.4, 0.5) is 0 Å². The lowest BCUT2D eigenvalue weighted by molar-refractivity contribution is -0.146. The van der Waals surface area contributed by atoms with Gasteiger partial charge >= 0.3 is 5.97 Å². The van der Waals surface area contributed by atoms with Gasteiger partial charge in [0, 0.05) is 0 Å². The molecular weight excluding hydrogens is 204 g/mol. The summed E-state index contributed by atoms with van der Waals surface area (Å²) in [6.45, 7) is 8.63. The van der Waals surface area contributed by atoms with E-state index in [9.17, 15) is 4.79 Å². The van der Waals surface area contributed by atoms with Crippen LogP contribution in [0.25, 0.3) is 0 Å². The monoisotopic (exact) mass is 226 g/mol. The Kier molecular flexibility index (Phi) is 2.40. The largest absolute Gasteiger partial charge is 0.467 e. The number of methoxy groups -OCH3 is 1. The molecule has 1 spiro atoms. The molecule has 2 fully saturated rings. The smallest absolute Gasteiger partial charge is 0.340 e. The zero-order chi connectivity index (χ0) is 12.2. The number of hydrogen-bond donors (Lipinski definition) is 0. The molecule has 1 aliphatic carbocycles. The van der Waals surface area contributed by atoms with Crippen LogP contribution in [0.15, 0.2) is 0 Å². The molecule has 3 nitrogen and oxygen atoms in total. The van der Waals surface area contributed by atoms with Gasteiger partial charge in [0.05, 0.1) is 7.11 Å². The lowest BCUT2D eigenvalue weighted by Gasteiger charge is -2.38. The van der Waals surface area contributed by atoms with E-state index >= 15 is 0 Å². The van der Waals surface area contributed by atoms with Crippen molar-refractivity contribution < 1.29 is 14.3 Å². The first-order valence-corrected chi connectivity index (χ1v) is 6.06. The third-order valence-corrected chi connectivity index (χ3v) is 4.56. The number of rotatable bonds is 1. The lowest BCUT2D eigenvalue weighted by atomic mass is 9.64. The summed E-state index contributed by atoms with van der Waals surface area (Å²) in [5.41, 5.74) is -0.582. The molecule has 1 saturated heterocycles. The number of epoxide rings is 1. The molecule has 0 N–H and O–H groups in total. The highest BCUT2D eigenvalue weighted by Gasteiger charge is 2.75. The van der Waals surface area contributed by atoms with E-state index in [0.29, 0.717) is 11.3 Å². The van der Waals surface area contributed by atoms with Crippen LogP contribution in [0, 0.1) is 11.3 Å². The fourth-order valence-corrected chi connectivity index (χ4v) is 3.47. The summed E-state index contributed by atoms with van der Waals surface area (Å²) in [6.07, 6.45) is 3.19. The minimum absolute atomic E-state index is 0.223. The Morgan fingerprint density at radius 3 is 2.44 bits per heavy atom. The van der Waals surface area contributed by atoms with Crippen molar-refractivity contribution >= 4 is 5.97 Å². The summed E-state index contributed by atoms with van der Waals surface area (Å²) in [7, 11) is 1.43. The topological polar surface area (TPSA) is 38.8 Å². The second-order valence-electron chi connectivity index (χ2n) is 6.29. The van der Waals surface area contributed by atoms with Crippen molar-refractivity contribution in [3.63, 3.8) is 0 Å². The minimum Gasteiger partial charge on any atom is -0.467 e. The fourth-order valence-electron chi connectivity index (χ4n) is 3.47. The molecule has 2 aliphatic rings. The number of hydrogen-bond acceptors (Lipinski definition) is 3. The standard InChI is InChI=1S/C13H22O3/c1-9-8-11(2,3)6-7-13(9)12(4,16-13)10(14)15-5/h9H,6-8H2,1-5H3. The molecule has 16 heavy (non-hydrogen) atoms. The van der Waals surface area contributed by atoms with Gasteiger partial charge in [0.1, 0.15) is 5.60 Å². The van der Waals surface area contributed by atoms with Crippen LogP contribution < -0.4 is 0 Å². The summed E-state index contributed by atoms with van der Waals surface area (Å²) in [5, 5.41) is 0. The highest BCUT2D eigenvalue weighted by Crippen LogP contribution is 2.62. The summed E-state index contributed by atoms with van der Waals surface area (Å²) in [5.74, 6) is 0.194. The first-order chi connectivity index (χ1) is 7.27. The van der Waals surface area contributed by atoms with Crippen LogP contribution in [0.5, 0.6) is 0 Å². The predicted molar refractivity (Wildman–Crippen MR) is 61.0 cm³/mol. The van der Waals surface area contributed by atoms with Crippen molar-refractivity contribution in [1.29, 1.82) is 0 Å². The van der Waals surface area contributed by atoms with E-state index in [4.69, 9.17) is 9.47 Å². The molecule has 3 unspecified atom stereocenters. The van der Waals surface area contributed by atoms with Crippen LogP contribution in [-0.2, 0) is 14.3 Å². The number of esters is 1. The molecule has 0 amide bonds. The Labute approximate surface area is 97.5 Å².